The maximum absolute atomic E-state index is 12.5. The summed E-state index contributed by atoms with van der Waals surface area (Å²) in [6.07, 6.45) is 5.51. The van der Waals surface area contributed by atoms with E-state index in [2.05, 4.69) is 11.4 Å². The Kier molecular flexibility index (Phi) is 4.27. The fourth-order valence-electron chi connectivity index (χ4n) is 3.27. The minimum absolute atomic E-state index is 0.0567. The summed E-state index contributed by atoms with van der Waals surface area (Å²) >= 11 is 0. The first-order valence-corrected chi connectivity index (χ1v) is 7.81. The first-order valence-electron chi connectivity index (χ1n) is 7.81. The van der Waals surface area contributed by atoms with Crippen molar-refractivity contribution in [2.24, 2.45) is 17.8 Å². The first-order chi connectivity index (χ1) is 10.6. The van der Waals surface area contributed by atoms with Crippen LogP contribution in [0.15, 0.2) is 36.4 Å². The van der Waals surface area contributed by atoms with Crippen LogP contribution in [0, 0.1) is 24.7 Å². The molecule has 0 aromatic heterocycles. The van der Waals surface area contributed by atoms with Gasteiger partial charge in [-0.25, -0.2) is 0 Å². The molecule has 1 aromatic rings. The molecule has 0 saturated carbocycles. The molecule has 116 valence electrons. The van der Waals surface area contributed by atoms with Gasteiger partial charge >= 0.3 is 5.97 Å². The van der Waals surface area contributed by atoms with Crippen LogP contribution >= 0.6 is 0 Å². The zero-order valence-electron chi connectivity index (χ0n) is 12.7. The van der Waals surface area contributed by atoms with E-state index in [4.69, 9.17) is 4.74 Å². The monoisotopic (exact) mass is 299 g/mol. The number of cyclic esters (lactones) is 1. The van der Waals surface area contributed by atoms with E-state index in [1.165, 1.54) is 5.56 Å². The van der Waals surface area contributed by atoms with E-state index in [1.807, 2.05) is 37.3 Å². The molecule has 0 radical (unpaired) electrons. The fraction of sp³-hybridized carbons (Fsp3) is 0.444. The minimum Gasteiger partial charge on any atom is -0.465 e. The molecule has 0 bridgehead atoms. The first kappa shape index (κ1) is 14.8. The molecule has 1 saturated heterocycles. The van der Waals surface area contributed by atoms with Crippen LogP contribution in [0.4, 0.5) is 0 Å². The van der Waals surface area contributed by atoms with Gasteiger partial charge < -0.3 is 10.1 Å². The lowest BCUT2D eigenvalue weighted by Gasteiger charge is -2.35. The van der Waals surface area contributed by atoms with Crippen LogP contribution in [-0.4, -0.2) is 18.5 Å². The highest BCUT2D eigenvalue weighted by atomic mass is 16.5. The van der Waals surface area contributed by atoms with Crippen LogP contribution in [0.5, 0.6) is 0 Å². The van der Waals surface area contributed by atoms with E-state index in [9.17, 15) is 9.59 Å². The number of aryl methyl sites for hydroxylation is 1. The molecule has 1 fully saturated rings. The Morgan fingerprint density at radius 3 is 2.86 bits per heavy atom. The minimum atomic E-state index is -0.322. The van der Waals surface area contributed by atoms with Crippen molar-refractivity contribution in [3.8, 4) is 0 Å². The third-order valence-corrected chi connectivity index (χ3v) is 4.56. The van der Waals surface area contributed by atoms with Gasteiger partial charge in [0.05, 0.1) is 18.4 Å². The number of nitrogens with one attached hydrogen (secondary N) is 1. The van der Waals surface area contributed by atoms with Crippen molar-refractivity contribution in [2.75, 3.05) is 6.61 Å². The Morgan fingerprint density at radius 2 is 2.09 bits per heavy atom. The van der Waals surface area contributed by atoms with Crippen LogP contribution < -0.4 is 5.32 Å². The Labute approximate surface area is 130 Å². The summed E-state index contributed by atoms with van der Waals surface area (Å²) in [6.45, 7) is 2.99. The lowest BCUT2D eigenvalue weighted by atomic mass is 9.73. The van der Waals surface area contributed by atoms with E-state index in [0.29, 0.717) is 19.6 Å². The molecule has 1 N–H and O–H groups in total. The van der Waals surface area contributed by atoms with Crippen molar-refractivity contribution in [2.45, 2.75) is 26.3 Å². The van der Waals surface area contributed by atoms with Gasteiger partial charge in [-0.05, 0) is 31.2 Å². The predicted octanol–water partition coefficient (Wildman–Crippen LogP) is 2.37. The van der Waals surface area contributed by atoms with Gasteiger partial charge in [-0.15, -0.1) is 0 Å². The third-order valence-electron chi connectivity index (χ3n) is 4.56. The zero-order valence-corrected chi connectivity index (χ0v) is 12.7. The van der Waals surface area contributed by atoms with Crippen molar-refractivity contribution >= 4 is 11.9 Å². The lowest BCUT2D eigenvalue weighted by molar-refractivity contribution is -0.161. The Hall–Kier alpha value is -2.10. The molecule has 3 rings (SSSR count). The molecule has 4 heteroatoms. The average molecular weight is 299 g/mol. The summed E-state index contributed by atoms with van der Waals surface area (Å²) in [7, 11) is 0. The number of carbonyl (C=O) groups excluding carboxylic acids is 2. The molecule has 0 spiro atoms. The number of esters is 1. The Balaban J connectivity index is 1.65. The van der Waals surface area contributed by atoms with Crippen molar-refractivity contribution in [3.05, 3.63) is 47.5 Å². The molecular weight excluding hydrogens is 278 g/mol. The largest absolute Gasteiger partial charge is 0.465 e. The Bertz CT molecular complexity index is 591. The van der Waals surface area contributed by atoms with Crippen molar-refractivity contribution in [3.63, 3.8) is 0 Å². The molecule has 1 amide bonds. The van der Waals surface area contributed by atoms with E-state index >= 15 is 0 Å². The van der Waals surface area contributed by atoms with Gasteiger partial charge in [0.25, 0.3) is 0 Å². The van der Waals surface area contributed by atoms with Crippen molar-refractivity contribution in [1.82, 2.24) is 5.32 Å². The molecule has 2 aliphatic rings. The summed E-state index contributed by atoms with van der Waals surface area (Å²) in [5.74, 6) is -0.773. The second kappa shape index (κ2) is 6.34. The maximum Gasteiger partial charge on any atom is 0.310 e. The van der Waals surface area contributed by atoms with E-state index in [1.54, 1.807) is 0 Å². The second-order valence-electron chi connectivity index (χ2n) is 6.12. The van der Waals surface area contributed by atoms with Gasteiger partial charge in [-0.3, -0.25) is 9.59 Å². The van der Waals surface area contributed by atoms with Crippen LogP contribution in [0.3, 0.4) is 0 Å². The number of allylic oxidation sites excluding steroid dienone is 2. The Morgan fingerprint density at radius 1 is 1.32 bits per heavy atom. The molecule has 3 atom stereocenters. The lowest BCUT2D eigenvalue weighted by Crippen LogP contribution is -2.45. The van der Waals surface area contributed by atoms with Gasteiger partial charge in [-0.1, -0.05) is 42.0 Å². The standard InChI is InChI=1S/C18H21NO3/c1-12-5-7-13(8-6-12)11-19-17(20)15-4-2-3-14-9-10-22-18(21)16(14)15/h2-3,5-8,14-16H,4,9-11H2,1H3,(H,19,20)/t14-,15?,16+/m1/s1. The van der Waals surface area contributed by atoms with E-state index in [0.717, 1.165) is 12.0 Å². The molecule has 1 aliphatic carbocycles. The van der Waals surface area contributed by atoms with E-state index < -0.39 is 0 Å². The smallest absolute Gasteiger partial charge is 0.310 e. The highest BCUT2D eigenvalue weighted by Gasteiger charge is 2.42. The number of benzene rings is 1. The topological polar surface area (TPSA) is 55.4 Å². The van der Waals surface area contributed by atoms with Gasteiger partial charge in [0, 0.05) is 6.54 Å². The van der Waals surface area contributed by atoms with Gasteiger partial charge in [0.15, 0.2) is 0 Å². The summed E-state index contributed by atoms with van der Waals surface area (Å²) in [5, 5.41) is 2.96. The van der Waals surface area contributed by atoms with Crippen LogP contribution in [0.1, 0.15) is 24.0 Å². The second-order valence-corrected chi connectivity index (χ2v) is 6.12. The van der Waals surface area contributed by atoms with Gasteiger partial charge in [0.1, 0.15) is 0 Å². The number of carbonyl (C=O) groups is 2. The number of rotatable bonds is 3. The third kappa shape index (κ3) is 3.06. The summed E-state index contributed by atoms with van der Waals surface area (Å²) in [5.41, 5.74) is 2.26. The molecule has 1 aliphatic heterocycles. The quantitative estimate of drug-likeness (QED) is 0.688. The fourth-order valence-corrected chi connectivity index (χ4v) is 3.27. The maximum atomic E-state index is 12.5. The molecule has 4 nitrogen and oxygen atoms in total. The molecular formula is C18H21NO3. The van der Waals surface area contributed by atoms with Crippen LogP contribution in [-0.2, 0) is 20.9 Å². The average Bonchev–Trinajstić information content (AvgIpc) is 2.54. The van der Waals surface area contributed by atoms with Crippen molar-refractivity contribution in [1.29, 1.82) is 0 Å². The number of hydrogen-bond acceptors (Lipinski definition) is 3. The summed E-state index contributed by atoms with van der Waals surface area (Å²) in [6, 6.07) is 8.07. The predicted molar refractivity (Wildman–Crippen MR) is 82.8 cm³/mol. The number of ether oxygens (including phenoxy) is 1. The highest BCUT2D eigenvalue weighted by molar-refractivity contribution is 5.86. The molecule has 1 heterocycles. The normalized spacial score (nSPS) is 27.0. The SMILES string of the molecule is Cc1ccc(CNC(=O)C2CC=C[C@@H]3CCOC(=O)[C@H]23)cc1. The number of fused-ring (bicyclic) bond motifs is 1. The molecule has 22 heavy (non-hydrogen) atoms. The van der Waals surface area contributed by atoms with Crippen LogP contribution in [0.25, 0.3) is 0 Å². The summed E-state index contributed by atoms with van der Waals surface area (Å²) < 4.78 is 5.15. The van der Waals surface area contributed by atoms with Crippen LogP contribution in [0.2, 0.25) is 0 Å². The van der Waals surface area contributed by atoms with E-state index in [-0.39, 0.29) is 29.6 Å². The number of amides is 1. The number of hydrogen-bond donors (Lipinski definition) is 1. The van der Waals surface area contributed by atoms with Gasteiger partial charge in [0.2, 0.25) is 5.91 Å². The molecule has 1 aromatic carbocycles. The van der Waals surface area contributed by atoms with Crippen molar-refractivity contribution < 1.29 is 14.3 Å². The zero-order chi connectivity index (χ0) is 15.5. The highest BCUT2D eigenvalue weighted by Crippen LogP contribution is 2.36. The summed E-state index contributed by atoms with van der Waals surface area (Å²) in [4.78, 5) is 24.5. The molecule has 1 unspecified atom stereocenters. The van der Waals surface area contributed by atoms with Gasteiger partial charge in [-0.2, -0.15) is 0 Å².